The summed E-state index contributed by atoms with van der Waals surface area (Å²) < 4.78 is 70.6. The Labute approximate surface area is 436 Å². The Bertz CT molecular complexity index is 3330. The number of ether oxygens (including phenoxy) is 3. The van der Waals surface area contributed by atoms with E-state index in [0.29, 0.717) is 46.5 Å². The van der Waals surface area contributed by atoms with Gasteiger partial charge in [-0.3, -0.25) is 28.7 Å². The number of aromatic carboxylic acids is 1. The van der Waals surface area contributed by atoms with Crippen molar-refractivity contribution in [2.24, 2.45) is 10.7 Å². The van der Waals surface area contributed by atoms with E-state index in [4.69, 9.17) is 34.1 Å². The number of aryl methyl sites for hydroxylation is 2. The summed E-state index contributed by atoms with van der Waals surface area (Å²) in [5.41, 5.74) is 8.67. The number of hydrogen-bond acceptors (Lipinski definition) is 19. The van der Waals surface area contributed by atoms with Gasteiger partial charge in [0.1, 0.15) is 41.8 Å². The number of phosphoric acid groups is 3. The molecule has 1 aliphatic carbocycles. The quantitative estimate of drug-likeness (QED) is 0.00963. The standard InChI is InChI=1S/C45H55N6O19P3S2/c1-7-47-33-17-35-31(14-25(33)3)40(32-15-26(4)34(48-8-2)18-36(32)67-35)29-12-11-27(16-30(29)43(54)55)41(52)49-22-45(5,6)75-74-24-64-13-9-10-28-20-51(44(56)50-42(28)53)39-19-37(65-23-46)38(68-39)21-66-72(60,61)70-73(62,63)69-71(57,58)59/h11-12,14-18,20,37-39,47H,7-8,13,19,21-24,46H2,1-6H3,(H,49,52)(H,54,55)(H,60,61)(H,62,63)(H,50,53,56)(H2,57,58,59)/b48-34-/t37?,38-,39-/m1/s1. The molecule has 3 aliphatic rings. The largest absolute Gasteiger partial charge is 0.490 e. The van der Waals surface area contributed by atoms with E-state index in [1.54, 1.807) is 12.1 Å². The zero-order valence-electron chi connectivity index (χ0n) is 41.1. The van der Waals surface area contributed by atoms with E-state index in [-0.39, 0.29) is 48.9 Å². The number of fused-ring (bicyclic) bond motifs is 2. The van der Waals surface area contributed by atoms with Crippen LogP contribution in [0.2, 0.25) is 0 Å². The minimum Gasteiger partial charge on any atom is -0.478 e. The smallest absolute Gasteiger partial charge is 0.478 e. The maximum atomic E-state index is 13.6. The lowest BCUT2D eigenvalue weighted by Crippen LogP contribution is -2.36. The van der Waals surface area contributed by atoms with Crippen molar-refractivity contribution in [1.29, 1.82) is 0 Å². The maximum absolute atomic E-state index is 13.6. The number of aromatic nitrogens is 2. The Hall–Kier alpha value is -4.94. The van der Waals surface area contributed by atoms with Gasteiger partial charge < -0.3 is 59.7 Å². The molecule has 1 fully saturated rings. The molecular weight excluding hydrogens is 1090 g/mol. The number of carbonyl (C=O) groups is 2. The van der Waals surface area contributed by atoms with E-state index in [2.05, 4.69) is 45.6 Å². The molecule has 0 bridgehead atoms. The molecule has 30 heteroatoms. The van der Waals surface area contributed by atoms with E-state index >= 15 is 0 Å². The van der Waals surface area contributed by atoms with Gasteiger partial charge in [0.2, 0.25) is 0 Å². The average Bonchev–Trinajstić information content (AvgIpc) is 3.71. The molecule has 3 unspecified atom stereocenters. The summed E-state index contributed by atoms with van der Waals surface area (Å²) >= 11 is 0. The van der Waals surface area contributed by atoms with Crippen LogP contribution in [0.1, 0.15) is 77.8 Å². The Morgan fingerprint density at radius 2 is 1.76 bits per heavy atom. The number of aromatic amines is 1. The third kappa shape index (κ3) is 15.8. The number of anilines is 1. The van der Waals surface area contributed by atoms with Crippen molar-refractivity contribution in [2.45, 2.75) is 71.1 Å². The molecule has 10 N–H and O–H groups in total. The summed E-state index contributed by atoms with van der Waals surface area (Å²) in [7, 11) is -14.2. The van der Waals surface area contributed by atoms with Crippen LogP contribution >= 0.6 is 45.1 Å². The number of carbonyl (C=O) groups excluding carboxylic acids is 1. The normalized spacial score (nSPS) is 17.9. The summed E-state index contributed by atoms with van der Waals surface area (Å²) in [6, 6.07) is 12.3. The van der Waals surface area contributed by atoms with Crippen molar-refractivity contribution in [3.05, 3.63) is 103 Å². The van der Waals surface area contributed by atoms with Crippen LogP contribution in [-0.2, 0) is 41.1 Å². The molecule has 3 heterocycles. The summed E-state index contributed by atoms with van der Waals surface area (Å²) in [4.78, 5) is 95.6. The van der Waals surface area contributed by atoms with Crippen molar-refractivity contribution >= 4 is 73.6 Å². The highest BCUT2D eigenvalue weighted by molar-refractivity contribution is 8.77. The van der Waals surface area contributed by atoms with Gasteiger partial charge in [-0.15, -0.1) is 0 Å². The monoisotopic (exact) mass is 1140 g/mol. The lowest BCUT2D eigenvalue weighted by atomic mass is 9.88. The first-order valence-corrected chi connectivity index (χ1v) is 29.5. The molecular formula is C45H55N6O19P3S2. The van der Waals surface area contributed by atoms with Crippen molar-refractivity contribution in [2.75, 3.05) is 50.8 Å². The van der Waals surface area contributed by atoms with E-state index in [1.165, 1.54) is 27.7 Å². The summed E-state index contributed by atoms with van der Waals surface area (Å²) in [6.45, 7) is 11.7. The van der Waals surface area contributed by atoms with Crippen LogP contribution in [0.25, 0.3) is 33.4 Å². The third-order valence-corrected chi connectivity index (χ3v) is 17.7. The van der Waals surface area contributed by atoms with E-state index < -0.39 is 76.4 Å². The van der Waals surface area contributed by atoms with Crippen molar-refractivity contribution in [3.8, 4) is 34.3 Å². The highest BCUT2D eigenvalue weighted by Gasteiger charge is 2.44. The molecule has 5 atom stereocenters. The number of carboxylic acids is 1. The van der Waals surface area contributed by atoms with E-state index in [0.717, 1.165) is 32.9 Å². The molecule has 406 valence electrons. The number of phosphoric ester groups is 1. The Balaban J connectivity index is 1.05. The summed E-state index contributed by atoms with van der Waals surface area (Å²) in [5.74, 6) is 4.28. The predicted molar refractivity (Wildman–Crippen MR) is 278 cm³/mol. The molecule has 0 radical (unpaired) electrons. The summed E-state index contributed by atoms with van der Waals surface area (Å²) in [6.07, 6.45) is -2.51. The minimum absolute atomic E-state index is 0.0676. The zero-order valence-corrected chi connectivity index (χ0v) is 45.4. The van der Waals surface area contributed by atoms with Gasteiger partial charge in [-0.1, -0.05) is 39.5 Å². The van der Waals surface area contributed by atoms with Gasteiger partial charge in [-0.25, -0.2) is 23.3 Å². The number of nitrogens with two attached hydrogens (primary N) is 1. The van der Waals surface area contributed by atoms with Crippen molar-refractivity contribution in [3.63, 3.8) is 0 Å². The van der Waals surface area contributed by atoms with Crippen molar-refractivity contribution < 1.29 is 79.7 Å². The van der Waals surface area contributed by atoms with Gasteiger partial charge in [-0.2, -0.15) is 8.62 Å². The van der Waals surface area contributed by atoms with Crippen LogP contribution in [0, 0.1) is 25.7 Å². The number of amides is 1. The highest BCUT2D eigenvalue weighted by Crippen LogP contribution is 2.66. The van der Waals surface area contributed by atoms with Crippen molar-refractivity contribution in [1.82, 2.24) is 14.9 Å². The van der Waals surface area contributed by atoms with Gasteiger partial charge >= 0.3 is 35.1 Å². The van der Waals surface area contributed by atoms with Crippen LogP contribution in [0.3, 0.4) is 0 Å². The molecule has 2 aromatic carbocycles. The Morgan fingerprint density at radius 1 is 1.01 bits per heavy atom. The fourth-order valence-electron chi connectivity index (χ4n) is 7.73. The van der Waals surface area contributed by atoms with Gasteiger partial charge in [0, 0.05) is 76.9 Å². The molecule has 1 saturated heterocycles. The number of nitrogens with zero attached hydrogens (tertiary/aromatic N) is 2. The molecule has 3 aromatic rings. The van der Waals surface area contributed by atoms with E-state index in [9.17, 15) is 47.8 Å². The Kier molecular flexibility index (Phi) is 19.8. The minimum atomic E-state index is -5.79. The molecule has 0 spiro atoms. The first-order valence-electron chi connectivity index (χ1n) is 22.6. The van der Waals surface area contributed by atoms with Crippen LogP contribution in [0.4, 0.5) is 5.69 Å². The number of rotatable bonds is 23. The highest BCUT2D eigenvalue weighted by atomic mass is 33.1. The number of nitrogens with one attached hydrogen (secondary N) is 3. The van der Waals surface area contributed by atoms with E-state index in [1.807, 2.05) is 65.8 Å². The molecule has 6 rings (SSSR count). The fourth-order valence-corrected chi connectivity index (χ4v) is 12.9. The summed E-state index contributed by atoms with van der Waals surface area (Å²) in [5, 5.41) is 18.3. The SMILES string of the molecule is CC/N=c1/cc2oc3cc(NCC)c(C)cc3c(-c3ccc(C(=O)NCC(C)(C)SSCOCC#Cc4cn([C@H]5CC(OCN)[C@@H](COP(=O)(O)OP(=O)(O)OP(=O)(O)O)O5)c(=O)[nH]c4=O)cc3C(=O)O)c-2cc1C. The number of hydrogen-bond donors (Lipinski definition) is 9. The number of carboxylic acid groups (broad SMARTS) is 1. The second-order valence-electron chi connectivity index (χ2n) is 17.1. The fraction of sp³-hybridized carbons (Fsp3) is 0.400. The second kappa shape index (κ2) is 25.0. The van der Waals surface area contributed by atoms with Gasteiger partial charge in [-0.05, 0) is 82.5 Å². The molecule has 25 nitrogen and oxygen atoms in total. The van der Waals surface area contributed by atoms with Crippen LogP contribution < -0.4 is 33.0 Å². The topological polar surface area (TPSA) is 372 Å². The first-order chi connectivity index (χ1) is 35.2. The van der Waals surface area contributed by atoms with Gasteiger partial charge in [0.05, 0.1) is 30.4 Å². The molecule has 0 saturated carbocycles. The molecule has 75 heavy (non-hydrogen) atoms. The second-order valence-corrected chi connectivity index (χ2v) is 24.5. The predicted octanol–water partition coefficient (Wildman–Crippen LogP) is 5.57. The lowest BCUT2D eigenvalue weighted by Gasteiger charge is -2.23. The first kappa shape index (κ1) is 59.3. The Morgan fingerprint density at radius 3 is 2.44 bits per heavy atom. The zero-order chi connectivity index (χ0) is 55.0. The third-order valence-electron chi connectivity index (χ3n) is 10.9. The van der Waals surface area contributed by atoms with Crippen LogP contribution in [0.5, 0.6) is 0 Å². The molecule has 1 aromatic heterocycles. The van der Waals surface area contributed by atoms with Gasteiger partial charge in [0.25, 0.3) is 11.5 Å². The molecule has 2 aliphatic heterocycles. The van der Waals surface area contributed by atoms with Gasteiger partial charge in [0.15, 0.2) is 0 Å². The van der Waals surface area contributed by atoms with Crippen LogP contribution in [0.15, 0.2) is 67.7 Å². The maximum Gasteiger partial charge on any atom is 0.490 e. The molecule has 1 amide bonds. The average molecular weight is 1140 g/mol. The van der Waals surface area contributed by atoms with Crippen LogP contribution in [-0.4, -0.2) is 109 Å². The number of H-pyrrole nitrogens is 1. The lowest BCUT2D eigenvalue weighted by molar-refractivity contribution is -0.0602. The number of benzene rings is 3.